The molecule has 1 aromatic carbocycles. The first-order valence-corrected chi connectivity index (χ1v) is 9.69. The molecule has 0 saturated carbocycles. The molecule has 3 aromatic rings. The van der Waals surface area contributed by atoms with E-state index in [-0.39, 0.29) is 6.04 Å². The van der Waals surface area contributed by atoms with Crippen LogP contribution >= 0.6 is 0 Å². The van der Waals surface area contributed by atoms with Crippen LogP contribution in [-0.2, 0) is 13.1 Å². The van der Waals surface area contributed by atoms with Crippen LogP contribution < -0.4 is 0 Å². The number of aryl methyl sites for hydroxylation is 3. The fourth-order valence-electron chi connectivity index (χ4n) is 3.71. The quantitative estimate of drug-likeness (QED) is 0.623. The van der Waals surface area contributed by atoms with E-state index in [1.807, 2.05) is 12.5 Å². The Kier molecular flexibility index (Phi) is 5.80. The number of imidazole rings is 1. The second-order valence-corrected chi connectivity index (χ2v) is 7.59. The lowest BCUT2D eigenvalue weighted by atomic mass is 10.0. The van der Waals surface area contributed by atoms with Crippen molar-refractivity contribution < 1.29 is 0 Å². The van der Waals surface area contributed by atoms with Crippen molar-refractivity contribution in [2.24, 2.45) is 0 Å². The lowest BCUT2D eigenvalue weighted by molar-refractivity contribution is 0.269. The fraction of sp³-hybridized carbons (Fsp3) is 0.455. The second kappa shape index (κ2) is 8.09. The van der Waals surface area contributed by atoms with Crippen LogP contribution in [0.4, 0.5) is 0 Å². The number of likely N-dealkylation sites (N-methyl/N-ethyl adjacent to an activating group) is 1. The number of nitrogens with zero attached hydrogens (tertiary/aromatic N) is 5. The molecule has 5 nitrogen and oxygen atoms in total. The summed E-state index contributed by atoms with van der Waals surface area (Å²) in [4.78, 5) is 6.74. The molecule has 144 valence electrons. The third kappa shape index (κ3) is 3.98. The van der Waals surface area contributed by atoms with E-state index in [4.69, 9.17) is 5.10 Å². The topological polar surface area (TPSA) is 38.9 Å². The first kappa shape index (κ1) is 19.4. The molecule has 1 atom stereocenters. The first-order chi connectivity index (χ1) is 12.9. The minimum Gasteiger partial charge on any atom is -0.329 e. The zero-order chi connectivity index (χ0) is 19.6. The van der Waals surface area contributed by atoms with Gasteiger partial charge in [-0.15, -0.1) is 0 Å². The first-order valence-electron chi connectivity index (χ1n) is 9.69. The molecule has 2 heterocycles. The molecule has 0 aliphatic heterocycles. The maximum Gasteiger partial charge on any atom is 0.0951 e. The Bertz CT molecular complexity index is 886. The van der Waals surface area contributed by atoms with Gasteiger partial charge in [-0.3, -0.25) is 4.68 Å². The number of benzene rings is 1. The Morgan fingerprint density at radius 3 is 2.41 bits per heavy atom. The van der Waals surface area contributed by atoms with Gasteiger partial charge in [-0.2, -0.15) is 5.10 Å². The van der Waals surface area contributed by atoms with Gasteiger partial charge in [0, 0.05) is 24.3 Å². The summed E-state index contributed by atoms with van der Waals surface area (Å²) >= 11 is 0. The lowest BCUT2D eigenvalue weighted by Gasteiger charge is -2.26. The summed E-state index contributed by atoms with van der Waals surface area (Å²) < 4.78 is 4.38. The molecule has 0 fully saturated rings. The average Bonchev–Trinajstić information content (AvgIpc) is 3.18. The van der Waals surface area contributed by atoms with Crippen LogP contribution in [0.3, 0.4) is 0 Å². The van der Waals surface area contributed by atoms with Gasteiger partial charge in [0.15, 0.2) is 0 Å². The number of aromatic nitrogens is 4. The summed E-state index contributed by atoms with van der Waals surface area (Å²) in [5.41, 5.74) is 7.25. The predicted octanol–water partition coefficient (Wildman–Crippen LogP) is 4.38. The number of hydrogen-bond acceptors (Lipinski definition) is 3. The summed E-state index contributed by atoms with van der Waals surface area (Å²) in [6, 6.07) is 9.11. The van der Waals surface area contributed by atoms with Crippen molar-refractivity contribution in [2.45, 2.75) is 53.2 Å². The van der Waals surface area contributed by atoms with Gasteiger partial charge < -0.3 is 9.47 Å². The van der Waals surface area contributed by atoms with Gasteiger partial charge in [0.1, 0.15) is 0 Å². The van der Waals surface area contributed by atoms with Crippen molar-refractivity contribution >= 4 is 0 Å². The standard InChI is InChI=1S/C22H31N5/c1-7-12-27-18(4)22(17(3)24-27)20-13-23-15-26(20)14-21(25(5)6)19-10-8-16(2)9-11-19/h8-11,13,15,21H,7,12,14H2,1-6H3/t21-/m1/s1. The normalized spacial score (nSPS) is 12.7. The van der Waals surface area contributed by atoms with Crippen molar-refractivity contribution in [2.75, 3.05) is 14.1 Å². The van der Waals surface area contributed by atoms with E-state index in [1.165, 1.54) is 22.4 Å². The minimum atomic E-state index is 0.282. The van der Waals surface area contributed by atoms with Crippen LogP contribution in [0, 0.1) is 20.8 Å². The average molecular weight is 366 g/mol. The van der Waals surface area contributed by atoms with Gasteiger partial charge >= 0.3 is 0 Å². The van der Waals surface area contributed by atoms with Gasteiger partial charge in [-0.25, -0.2) is 4.98 Å². The van der Waals surface area contributed by atoms with Crippen molar-refractivity contribution in [3.63, 3.8) is 0 Å². The molecule has 0 bridgehead atoms. The van der Waals surface area contributed by atoms with Crippen LogP contribution in [0.25, 0.3) is 11.3 Å². The maximum atomic E-state index is 4.74. The van der Waals surface area contributed by atoms with E-state index < -0.39 is 0 Å². The maximum absolute atomic E-state index is 4.74. The van der Waals surface area contributed by atoms with Crippen molar-refractivity contribution in [1.29, 1.82) is 0 Å². The number of rotatable bonds is 7. The molecule has 0 aliphatic carbocycles. The summed E-state index contributed by atoms with van der Waals surface area (Å²) in [5.74, 6) is 0. The van der Waals surface area contributed by atoms with Crippen LogP contribution in [0.15, 0.2) is 36.8 Å². The molecule has 0 unspecified atom stereocenters. The summed E-state index contributed by atoms with van der Waals surface area (Å²) in [6.07, 6.45) is 4.99. The van der Waals surface area contributed by atoms with E-state index in [2.05, 4.69) is 85.2 Å². The van der Waals surface area contributed by atoms with E-state index >= 15 is 0 Å². The van der Waals surface area contributed by atoms with Crippen LogP contribution in [0.2, 0.25) is 0 Å². The Morgan fingerprint density at radius 1 is 1.07 bits per heavy atom. The van der Waals surface area contributed by atoms with Gasteiger partial charge in [-0.05, 0) is 46.9 Å². The van der Waals surface area contributed by atoms with Crippen LogP contribution in [0.1, 0.15) is 41.9 Å². The van der Waals surface area contributed by atoms with Crippen molar-refractivity contribution in [3.05, 3.63) is 59.3 Å². The predicted molar refractivity (Wildman–Crippen MR) is 111 cm³/mol. The summed E-state index contributed by atoms with van der Waals surface area (Å²) in [6.45, 7) is 10.4. The molecule has 0 saturated heterocycles. The molecule has 0 radical (unpaired) electrons. The second-order valence-electron chi connectivity index (χ2n) is 7.59. The molecule has 0 N–H and O–H groups in total. The van der Waals surface area contributed by atoms with Crippen molar-refractivity contribution in [3.8, 4) is 11.3 Å². The molecule has 0 aliphatic rings. The Hall–Kier alpha value is -2.40. The van der Waals surface area contributed by atoms with E-state index in [1.54, 1.807) is 0 Å². The molecule has 3 rings (SSSR count). The smallest absolute Gasteiger partial charge is 0.0951 e. The van der Waals surface area contributed by atoms with E-state index in [9.17, 15) is 0 Å². The zero-order valence-electron chi connectivity index (χ0n) is 17.4. The van der Waals surface area contributed by atoms with Gasteiger partial charge in [0.2, 0.25) is 0 Å². The van der Waals surface area contributed by atoms with Gasteiger partial charge in [0.25, 0.3) is 0 Å². The summed E-state index contributed by atoms with van der Waals surface area (Å²) in [5, 5.41) is 4.74. The van der Waals surface area contributed by atoms with E-state index in [0.717, 1.165) is 30.9 Å². The highest BCUT2D eigenvalue weighted by Crippen LogP contribution is 2.29. The summed E-state index contributed by atoms with van der Waals surface area (Å²) in [7, 11) is 4.27. The third-order valence-corrected chi connectivity index (χ3v) is 5.24. The van der Waals surface area contributed by atoms with Crippen LogP contribution in [-0.4, -0.2) is 38.3 Å². The number of hydrogen-bond donors (Lipinski definition) is 0. The monoisotopic (exact) mass is 365 g/mol. The molecule has 5 heteroatoms. The molecule has 0 spiro atoms. The Balaban J connectivity index is 1.96. The minimum absolute atomic E-state index is 0.282. The SMILES string of the molecule is CCCn1nc(C)c(-c2cncn2C[C@H](c2ccc(C)cc2)N(C)C)c1C. The fourth-order valence-corrected chi connectivity index (χ4v) is 3.71. The van der Waals surface area contributed by atoms with E-state index in [0.29, 0.717) is 0 Å². The zero-order valence-corrected chi connectivity index (χ0v) is 17.4. The molecule has 27 heavy (non-hydrogen) atoms. The Morgan fingerprint density at radius 2 is 1.78 bits per heavy atom. The highest BCUT2D eigenvalue weighted by molar-refractivity contribution is 5.64. The third-order valence-electron chi connectivity index (χ3n) is 5.24. The van der Waals surface area contributed by atoms with Crippen LogP contribution in [0.5, 0.6) is 0 Å². The van der Waals surface area contributed by atoms with Gasteiger partial charge in [0.05, 0.1) is 30.0 Å². The largest absolute Gasteiger partial charge is 0.329 e. The van der Waals surface area contributed by atoms with Gasteiger partial charge in [-0.1, -0.05) is 36.8 Å². The highest BCUT2D eigenvalue weighted by atomic mass is 15.3. The molecule has 0 amide bonds. The molecule has 2 aromatic heterocycles. The Labute approximate surface area is 162 Å². The molecular formula is C22H31N5. The lowest BCUT2D eigenvalue weighted by Crippen LogP contribution is -2.24. The highest BCUT2D eigenvalue weighted by Gasteiger charge is 2.20. The molecular weight excluding hydrogens is 334 g/mol. The van der Waals surface area contributed by atoms with Crippen molar-refractivity contribution in [1.82, 2.24) is 24.2 Å².